The molecule has 6 rings (SSSR count). The number of phenolic OH excluding ortho intramolecular Hbond substituents is 1. The molecule has 1 amide bonds. The van der Waals surface area contributed by atoms with Crippen molar-refractivity contribution in [2.45, 2.75) is 19.8 Å². The van der Waals surface area contributed by atoms with E-state index in [1.54, 1.807) is 18.2 Å². The third-order valence-corrected chi connectivity index (χ3v) is 9.04. The number of carbonyl (C=O) groups is 1. The Morgan fingerprint density at radius 1 is 0.886 bits per heavy atom. The van der Waals surface area contributed by atoms with E-state index in [2.05, 4.69) is 14.1 Å². The number of aromatic hydroxyl groups is 1. The maximum Gasteiger partial charge on any atom is 0.253 e. The van der Waals surface area contributed by atoms with Crippen LogP contribution in [-0.2, 0) is 0 Å². The highest BCUT2D eigenvalue weighted by molar-refractivity contribution is 7.16. The molecule has 8 heteroatoms. The first-order valence-corrected chi connectivity index (χ1v) is 16.0. The van der Waals surface area contributed by atoms with Crippen molar-refractivity contribution in [3.05, 3.63) is 100 Å². The summed E-state index contributed by atoms with van der Waals surface area (Å²) in [4.78, 5) is 32.3. The molecule has 44 heavy (non-hydrogen) atoms. The zero-order chi connectivity index (χ0) is 30.8. The van der Waals surface area contributed by atoms with Crippen molar-refractivity contribution in [1.29, 1.82) is 0 Å². The van der Waals surface area contributed by atoms with Gasteiger partial charge in [0, 0.05) is 78.8 Å². The van der Waals surface area contributed by atoms with Crippen molar-refractivity contribution in [3.63, 3.8) is 0 Å². The standard InChI is InChI=1S/C36H38N3O4P/c1-24-21-25(36(42)39-18-16-38(17-19-39)15-3-4-20-44)5-12-30(24)35-31-13-8-27(37(2)26-6-9-28(40)10-7-26)22-33(31)43-34-23-29(41)11-14-32(34)35/h5-14,21-23,40H,3-4,15-20,44H2,1-2H3. The number of benzene rings is 4. The largest absolute Gasteiger partial charge is 0.508 e. The smallest absolute Gasteiger partial charge is 0.253 e. The van der Waals surface area contributed by atoms with Gasteiger partial charge >= 0.3 is 0 Å². The third-order valence-electron chi connectivity index (χ3n) is 8.63. The average molecular weight is 608 g/mol. The Morgan fingerprint density at radius 3 is 2.34 bits per heavy atom. The maximum atomic E-state index is 13.5. The number of aryl methyl sites for hydroxylation is 1. The molecular formula is C36H38N3O4P. The lowest BCUT2D eigenvalue weighted by atomic mass is 9.90. The number of rotatable bonds is 8. The predicted octanol–water partition coefficient (Wildman–Crippen LogP) is 6.76. The van der Waals surface area contributed by atoms with Crippen LogP contribution in [0.4, 0.5) is 11.4 Å². The number of unbranched alkanes of at least 4 members (excludes halogenated alkanes) is 1. The summed E-state index contributed by atoms with van der Waals surface area (Å²) in [6, 6.07) is 23.9. The van der Waals surface area contributed by atoms with Crippen LogP contribution in [0.5, 0.6) is 5.75 Å². The quantitative estimate of drug-likeness (QED) is 0.119. The first kappa shape index (κ1) is 29.9. The normalized spacial score (nSPS) is 13.9. The molecule has 3 aromatic carbocycles. The summed E-state index contributed by atoms with van der Waals surface area (Å²) in [5, 5.41) is 10.6. The Balaban J connectivity index is 1.33. The van der Waals surface area contributed by atoms with Gasteiger partial charge in [-0.15, -0.1) is 9.24 Å². The van der Waals surface area contributed by atoms with Crippen LogP contribution in [0.15, 0.2) is 88.1 Å². The highest BCUT2D eigenvalue weighted by Crippen LogP contribution is 2.42. The van der Waals surface area contributed by atoms with Gasteiger partial charge in [-0.05, 0) is 104 Å². The molecule has 2 aliphatic heterocycles. The van der Waals surface area contributed by atoms with Gasteiger partial charge in [-0.3, -0.25) is 14.5 Å². The fourth-order valence-corrected chi connectivity index (χ4v) is 6.39. The molecule has 0 saturated carbocycles. The Hall–Kier alpha value is -4.19. The number of amides is 1. The molecule has 1 atom stereocenters. The summed E-state index contributed by atoms with van der Waals surface area (Å²) in [6.45, 7) is 6.45. The monoisotopic (exact) mass is 607 g/mol. The maximum absolute atomic E-state index is 13.5. The number of fused-ring (bicyclic) bond motifs is 2. The fourth-order valence-electron chi connectivity index (χ4n) is 6.10. The van der Waals surface area contributed by atoms with Crippen molar-refractivity contribution in [2.24, 2.45) is 0 Å². The van der Waals surface area contributed by atoms with Gasteiger partial charge in [0.15, 0.2) is 5.43 Å². The zero-order valence-electron chi connectivity index (χ0n) is 25.3. The molecular weight excluding hydrogens is 569 g/mol. The number of hydrogen-bond donors (Lipinski definition) is 1. The second kappa shape index (κ2) is 12.8. The van der Waals surface area contributed by atoms with Crippen molar-refractivity contribution >= 4 is 37.5 Å². The zero-order valence-corrected chi connectivity index (χ0v) is 26.4. The fraction of sp³-hybridized carbons (Fsp3) is 0.278. The van der Waals surface area contributed by atoms with E-state index < -0.39 is 0 Å². The first-order valence-electron chi connectivity index (χ1n) is 15.2. The highest BCUT2D eigenvalue weighted by Gasteiger charge is 2.24. The molecule has 0 radical (unpaired) electrons. The molecule has 1 unspecified atom stereocenters. The molecule has 1 saturated heterocycles. The number of piperazine rings is 1. The minimum absolute atomic E-state index is 0.0694. The molecule has 226 valence electrons. The summed E-state index contributed by atoms with van der Waals surface area (Å²) < 4.78 is 6.32. The molecule has 3 aliphatic rings. The second-order valence-electron chi connectivity index (χ2n) is 11.6. The first-order chi connectivity index (χ1) is 21.3. The van der Waals surface area contributed by atoms with E-state index in [4.69, 9.17) is 4.42 Å². The summed E-state index contributed by atoms with van der Waals surface area (Å²) in [6.07, 6.45) is 3.54. The summed E-state index contributed by atoms with van der Waals surface area (Å²) in [7, 11) is 4.75. The van der Waals surface area contributed by atoms with Gasteiger partial charge < -0.3 is 19.3 Å². The van der Waals surface area contributed by atoms with E-state index in [0.717, 1.165) is 77.9 Å². The minimum atomic E-state index is -0.119. The van der Waals surface area contributed by atoms with Crippen LogP contribution in [0.1, 0.15) is 28.8 Å². The molecule has 0 bridgehead atoms. The van der Waals surface area contributed by atoms with Gasteiger partial charge in [-0.1, -0.05) is 6.07 Å². The lowest BCUT2D eigenvalue weighted by molar-refractivity contribution is 0.0635. The van der Waals surface area contributed by atoms with E-state index in [9.17, 15) is 14.7 Å². The lowest BCUT2D eigenvalue weighted by Crippen LogP contribution is -2.48. The lowest BCUT2D eigenvalue weighted by Gasteiger charge is -2.35. The molecule has 3 aromatic rings. The number of carbonyl (C=O) groups excluding carboxylic acids is 1. The predicted molar refractivity (Wildman–Crippen MR) is 182 cm³/mol. The van der Waals surface area contributed by atoms with Crippen LogP contribution in [0, 0.1) is 6.92 Å². The average Bonchev–Trinajstić information content (AvgIpc) is 3.03. The van der Waals surface area contributed by atoms with Crippen LogP contribution < -0.4 is 10.3 Å². The topological polar surface area (TPSA) is 77.2 Å². The third kappa shape index (κ3) is 6.08. The number of nitrogens with zero attached hydrogens (tertiary/aromatic N) is 3. The van der Waals surface area contributed by atoms with E-state index in [0.29, 0.717) is 16.9 Å². The Morgan fingerprint density at radius 2 is 1.61 bits per heavy atom. The molecule has 1 fully saturated rings. The van der Waals surface area contributed by atoms with Crippen molar-refractivity contribution in [1.82, 2.24) is 9.80 Å². The molecule has 0 spiro atoms. The summed E-state index contributed by atoms with van der Waals surface area (Å²) in [5.74, 6) is 0.794. The van der Waals surface area contributed by atoms with Gasteiger partial charge in [-0.2, -0.15) is 0 Å². The van der Waals surface area contributed by atoms with Crippen LogP contribution >= 0.6 is 9.24 Å². The van der Waals surface area contributed by atoms with Crippen LogP contribution in [0.3, 0.4) is 0 Å². The minimum Gasteiger partial charge on any atom is -0.508 e. The van der Waals surface area contributed by atoms with Crippen molar-refractivity contribution < 1.29 is 14.3 Å². The van der Waals surface area contributed by atoms with Gasteiger partial charge in [0.05, 0.1) is 0 Å². The van der Waals surface area contributed by atoms with E-state index in [1.165, 1.54) is 18.9 Å². The molecule has 7 nitrogen and oxygen atoms in total. The van der Waals surface area contributed by atoms with Crippen molar-refractivity contribution in [3.8, 4) is 28.2 Å². The summed E-state index contributed by atoms with van der Waals surface area (Å²) in [5.41, 5.74) is 6.82. The molecule has 0 aromatic heterocycles. The van der Waals surface area contributed by atoms with Gasteiger partial charge in [0.2, 0.25) is 0 Å². The highest BCUT2D eigenvalue weighted by atomic mass is 31.0. The Kier molecular flexibility index (Phi) is 8.69. The van der Waals surface area contributed by atoms with Gasteiger partial charge in [0.25, 0.3) is 5.91 Å². The van der Waals surface area contributed by atoms with Crippen LogP contribution in [-0.4, -0.2) is 66.7 Å². The second-order valence-corrected chi connectivity index (χ2v) is 12.1. The number of phenols is 1. The van der Waals surface area contributed by atoms with E-state index >= 15 is 0 Å². The summed E-state index contributed by atoms with van der Waals surface area (Å²) >= 11 is 0. The van der Waals surface area contributed by atoms with E-state index in [-0.39, 0.29) is 17.1 Å². The van der Waals surface area contributed by atoms with Crippen LogP contribution in [0.25, 0.3) is 33.4 Å². The van der Waals surface area contributed by atoms with Crippen LogP contribution in [0.2, 0.25) is 0 Å². The molecule has 1 aliphatic carbocycles. The number of anilines is 2. The Labute approximate surface area is 260 Å². The number of hydrogen-bond acceptors (Lipinski definition) is 6. The Bertz CT molecular complexity index is 1830. The SMILES string of the molecule is Cc1cc(C(=O)N2CCN(CCCCP)CC2)ccc1-c1c2ccc(=O)cc-2oc2cc(N(C)c3ccc(O)cc3)ccc12. The van der Waals surface area contributed by atoms with Gasteiger partial charge in [-0.25, -0.2) is 0 Å². The van der Waals surface area contributed by atoms with Gasteiger partial charge in [0.1, 0.15) is 17.1 Å². The van der Waals surface area contributed by atoms with Crippen molar-refractivity contribution in [2.75, 3.05) is 50.8 Å². The molecule has 1 N–H and O–H groups in total. The molecule has 2 heterocycles. The van der Waals surface area contributed by atoms with E-state index in [1.807, 2.05) is 78.4 Å².